The first kappa shape index (κ1) is 23.3. The van der Waals surface area contributed by atoms with Gasteiger partial charge in [0.2, 0.25) is 0 Å². The van der Waals surface area contributed by atoms with E-state index in [0.717, 1.165) is 0 Å². The summed E-state index contributed by atoms with van der Waals surface area (Å²) >= 11 is 0.382. The smallest absolute Gasteiger partial charge is 0 e. The second-order valence-electron chi connectivity index (χ2n) is 0.0476. The fourth-order valence-corrected chi connectivity index (χ4v) is 0. The van der Waals surface area contributed by atoms with E-state index in [0.29, 0.717) is 12.9 Å². The Morgan fingerprint density at radius 3 is 1.17 bits per heavy atom. The second kappa shape index (κ2) is 25.1. The minimum atomic E-state index is 0. The van der Waals surface area contributed by atoms with E-state index in [-0.39, 0.29) is 53.6 Å². The van der Waals surface area contributed by atoms with Crippen LogP contribution >= 0.6 is 20.3 Å². The van der Waals surface area contributed by atoms with Gasteiger partial charge in [-0.15, -0.1) is 0 Å². The summed E-state index contributed by atoms with van der Waals surface area (Å²) in [6.07, 6.45) is 0. The van der Waals surface area contributed by atoms with Crippen LogP contribution in [0.4, 0.5) is 0 Å². The number of hydrogen-bond donors (Lipinski definition) is 0. The van der Waals surface area contributed by atoms with Crippen molar-refractivity contribution in [2.45, 2.75) is 0 Å². The van der Waals surface area contributed by atoms with E-state index in [1.807, 2.05) is 0 Å². The van der Waals surface area contributed by atoms with Crippen molar-refractivity contribution in [2.24, 2.45) is 0 Å². The Morgan fingerprint density at radius 1 is 1.17 bits per heavy atom. The second-order valence-corrected chi connectivity index (χ2v) is 1.77. The third-order valence-electron chi connectivity index (χ3n) is 0. The molecular formula is Cl2CoCuMnZn. The monoisotopic (exact) mass is 311 g/mol. The van der Waals surface area contributed by atoms with Crippen LogP contribution in [0.3, 0.4) is 0 Å². The minimum Gasteiger partial charge on any atom is 0 e. The van der Waals surface area contributed by atoms with E-state index < -0.39 is 0 Å². The van der Waals surface area contributed by atoms with Crippen molar-refractivity contribution in [3.8, 4) is 0 Å². The first-order valence-corrected chi connectivity index (χ1v) is 3.12. The van der Waals surface area contributed by atoms with Crippen LogP contribution in [0.25, 0.3) is 0 Å². The molecule has 6 heteroatoms. The number of rotatable bonds is 0. The maximum absolute atomic E-state index is 4.73. The molecule has 2 radical (unpaired) electrons. The Labute approximate surface area is 85.7 Å². The van der Waals surface area contributed by atoms with Crippen molar-refractivity contribution in [1.82, 2.24) is 0 Å². The van der Waals surface area contributed by atoms with Crippen LogP contribution in [0.5, 0.6) is 0 Å². The molecule has 0 aromatic heterocycles. The zero-order chi connectivity index (χ0) is 2.71. The van der Waals surface area contributed by atoms with Gasteiger partial charge >= 0.3 is 33.2 Å². The zero-order valence-corrected chi connectivity index (χ0v) is 10.1. The van der Waals surface area contributed by atoms with E-state index in [1.165, 1.54) is 0 Å². The third-order valence-corrected chi connectivity index (χ3v) is 0. The average molecular weight is 314 g/mol. The molecule has 0 amide bonds. The molecular weight excluding hydrogens is 314 g/mol. The van der Waals surface area contributed by atoms with Gasteiger partial charge in [-0.3, -0.25) is 0 Å². The molecule has 0 saturated heterocycles. The SMILES string of the molecule is [Cl][Co][Cl].[Cu].[Mn].[Zn]. The third kappa shape index (κ3) is 29.5. The van der Waals surface area contributed by atoms with Crippen LogP contribution in [0, 0.1) is 0 Å². The summed E-state index contributed by atoms with van der Waals surface area (Å²) in [5.74, 6) is 0. The minimum absolute atomic E-state index is 0. The molecule has 0 nitrogen and oxygen atoms in total. The normalized spacial score (nSPS) is 3.67. The van der Waals surface area contributed by atoms with Gasteiger partial charge in [-0.2, -0.15) is 0 Å². The van der Waals surface area contributed by atoms with Crippen molar-refractivity contribution >= 4 is 20.3 Å². The molecule has 0 heterocycles. The maximum Gasteiger partial charge on any atom is 0 e. The quantitative estimate of drug-likeness (QED) is 0.593. The van der Waals surface area contributed by atoms with Gasteiger partial charge in [-0.1, -0.05) is 0 Å². The fraction of sp³-hybridized carbons (Fsp3) is 0. The molecule has 0 aliphatic rings. The summed E-state index contributed by atoms with van der Waals surface area (Å²) in [6, 6.07) is 0. The fourth-order valence-electron chi connectivity index (χ4n) is 0. The molecule has 0 atom stereocenters. The largest absolute Gasteiger partial charge is 0 e. The van der Waals surface area contributed by atoms with Crippen molar-refractivity contribution in [3.63, 3.8) is 0 Å². The predicted molar refractivity (Wildman–Crippen MR) is 11.7 cm³/mol. The molecule has 0 bridgehead atoms. The van der Waals surface area contributed by atoms with Gasteiger partial charge in [0.15, 0.2) is 0 Å². The Morgan fingerprint density at radius 2 is 1.17 bits per heavy atom. The molecule has 6 heavy (non-hydrogen) atoms. The molecule has 0 fully saturated rings. The Bertz CT molecular complexity index is 13.5. The molecule has 0 aromatic rings. The van der Waals surface area contributed by atoms with Crippen LogP contribution in [-0.2, 0) is 66.5 Å². The van der Waals surface area contributed by atoms with Crippen LogP contribution < -0.4 is 0 Å². The first-order chi connectivity index (χ1) is 1.41. The Kier molecular flexibility index (Phi) is 97.5. The standard InChI is InChI=1S/2ClH.Co.Cu.Mn.Zn/h2*1H;;;;/q;;+2;;;/p-2. The zero-order valence-electron chi connectivity index (χ0n) is 2.48. The first-order valence-electron chi connectivity index (χ1n) is 0.252. The molecule has 0 N–H and O–H groups in total. The van der Waals surface area contributed by atoms with E-state index in [2.05, 4.69) is 0 Å². The van der Waals surface area contributed by atoms with Gasteiger partial charge in [0.1, 0.15) is 0 Å². The molecule has 0 aliphatic heterocycles. The molecule has 0 aliphatic carbocycles. The number of halogens is 2. The van der Waals surface area contributed by atoms with Crippen molar-refractivity contribution in [3.05, 3.63) is 0 Å². The molecule has 0 unspecified atom stereocenters. The maximum atomic E-state index is 4.73. The summed E-state index contributed by atoms with van der Waals surface area (Å²) in [6.45, 7) is 0. The van der Waals surface area contributed by atoms with Gasteiger partial charge in [0.25, 0.3) is 0 Å². The van der Waals surface area contributed by atoms with E-state index >= 15 is 0 Å². The molecule has 0 saturated carbocycles. The van der Waals surface area contributed by atoms with Crippen molar-refractivity contribution in [2.75, 3.05) is 0 Å². The predicted octanol–water partition coefficient (Wildman–Crippen LogP) is 1.37. The number of hydrogen-bond acceptors (Lipinski definition) is 0. The van der Waals surface area contributed by atoms with Crippen LogP contribution in [0.2, 0.25) is 0 Å². The molecule has 0 rings (SSSR count). The molecule has 0 spiro atoms. The Hall–Kier alpha value is 2.75. The summed E-state index contributed by atoms with van der Waals surface area (Å²) < 4.78 is 0. The molecule has 0 aromatic carbocycles. The van der Waals surface area contributed by atoms with Gasteiger partial charge in [-0.05, 0) is 0 Å². The van der Waals surface area contributed by atoms with Crippen molar-refractivity contribution < 1.29 is 66.5 Å². The summed E-state index contributed by atoms with van der Waals surface area (Å²) in [4.78, 5) is 0. The summed E-state index contributed by atoms with van der Waals surface area (Å²) in [7, 11) is 9.47. The van der Waals surface area contributed by atoms with Gasteiger partial charge in [0.05, 0.1) is 0 Å². The van der Waals surface area contributed by atoms with Gasteiger partial charge in [0, 0.05) is 53.6 Å². The van der Waals surface area contributed by atoms with Crippen LogP contribution in [0.15, 0.2) is 0 Å². The van der Waals surface area contributed by atoms with Gasteiger partial charge in [-0.25, -0.2) is 0 Å². The van der Waals surface area contributed by atoms with Crippen LogP contribution in [-0.4, -0.2) is 0 Å². The van der Waals surface area contributed by atoms with E-state index in [4.69, 9.17) is 20.3 Å². The summed E-state index contributed by atoms with van der Waals surface area (Å²) in [5.41, 5.74) is 0. The summed E-state index contributed by atoms with van der Waals surface area (Å²) in [5, 5.41) is 0. The van der Waals surface area contributed by atoms with E-state index in [1.54, 1.807) is 0 Å². The average Bonchev–Trinajstić information content (AvgIpc) is 0.918. The van der Waals surface area contributed by atoms with Crippen molar-refractivity contribution in [1.29, 1.82) is 0 Å². The van der Waals surface area contributed by atoms with E-state index in [9.17, 15) is 0 Å². The Balaban J connectivity index is -0.00000000667. The van der Waals surface area contributed by atoms with Crippen LogP contribution in [0.1, 0.15) is 0 Å². The topological polar surface area (TPSA) is 0 Å². The molecule has 43 valence electrons. The van der Waals surface area contributed by atoms with Gasteiger partial charge < -0.3 is 0 Å².